The summed E-state index contributed by atoms with van der Waals surface area (Å²) >= 11 is 0. The van der Waals surface area contributed by atoms with E-state index in [-0.39, 0.29) is 11.5 Å². The number of nitrogens with zero attached hydrogens (tertiary/aromatic N) is 7. The Morgan fingerprint density at radius 2 is 2.00 bits per heavy atom. The van der Waals surface area contributed by atoms with Gasteiger partial charge in [-0.05, 0) is 12.1 Å². The molecule has 0 bridgehead atoms. The van der Waals surface area contributed by atoms with Gasteiger partial charge in [-0.3, -0.25) is 19.2 Å². The zero-order chi connectivity index (χ0) is 22.0. The van der Waals surface area contributed by atoms with Crippen molar-refractivity contribution in [3.63, 3.8) is 0 Å². The lowest BCUT2D eigenvalue weighted by atomic mass is 10.1. The van der Waals surface area contributed by atoms with E-state index in [9.17, 15) is 19.6 Å². The lowest BCUT2D eigenvalue weighted by Crippen LogP contribution is -2.39. The molecule has 1 saturated heterocycles. The summed E-state index contributed by atoms with van der Waals surface area (Å²) in [5, 5.41) is 25.2. The number of nitro groups is 1. The van der Waals surface area contributed by atoms with Gasteiger partial charge in [0.05, 0.1) is 22.8 Å². The number of pyridine rings is 2. The first-order valence-electron chi connectivity index (χ1n) is 9.37. The molecule has 158 valence electrons. The summed E-state index contributed by atoms with van der Waals surface area (Å²) in [6, 6.07) is 6.87. The molecule has 12 heteroatoms. The Hall–Kier alpha value is -3.69. The van der Waals surface area contributed by atoms with Gasteiger partial charge >= 0.3 is 5.69 Å². The van der Waals surface area contributed by atoms with Crippen LogP contribution in [-0.4, -0.2) is 58.4 Å². The van der Waals surface area contributed by atoms with E-state index in [1.807, 2.05) is 4.90 Å². The summed E-state index contributed by atoms with van der Waals surface area (Å²) in [4.78, 5) is 21.0. The normalized spacial score (nSPS) is 16.0. The third-order valence-electron chi connectivity index (χ3n) is 5.05. The Labute approximate surface area is 179 Å². The van der Waals surface area contributed by atoms with E-state index < -0.39 is 21.8 Å². The highest BCUT2D eigenvalue weighted by atomic mass is 32.2. The maximum atomic E-state index is 11.6. The van der Waals surface area contributed by atoms with Crippen LogP contribution in [-0.2, 0) is 10.8 Å². The average Bonchev–Trinajstić information content (AvgIpc) is 3.26. The summed E-state index contributed by atoms with van der Waals surface area (Å²) in [7, 11) is -0.816. The molecule has 0 aromatic carbocycles. The summed E-state index contributed by atoms with van der Waals surface area (Å²) in [5.74, 6) is 1.45. The van der Waals surface area contributed by atoms with Crippen molar-refractivity contribution in [3.8, 4) is 23.0 Å². The molecular formula is C19H18N8O3S. The largest absolute Gasteiger partial charge is 0.378 e. The third kappa shape index (κ3) is 4.14. The van der Waals surface area contributed by atoms with Crippen LogP contribution in [0.2, 0.25) is 0 Å². The van der Waals surface area contributed by atoms with E-state index in [0.717, 1.165) is 5.56 Å². The van der Waals surface area contributed by atoms with E-state index in [1.165, 1.54) is 23.1 Å². The van der Waals surface area contributed by atoms with Gasteiger partial charge in [0.2, 0.25) is 5.82 Å². The molecule has 4 heterocycles. The molecule has 1 unspecified atom stereocenters. The molecule has 3 aromatic rings. The van der Waals surface area contributed by atoms with Crippen LogP contribution in [0.25, 0.3) is 16.9 Å². The van der Waals surface area contributed by atoms with Crippen LogP contribution < -0.4 is 5.73 Å². The molecule has 2 N–H and O–H groups in total. The van der Waals surface area contributed by atoms with E-state index in [1.54, 1.807) is 24.5 Å². The highest BCUT2D eigenvalue weighted by Gasteiger charge is 2.25. The summed E-state index contributed by atoms with van der Waals surface area (Å²) in [6.07, 6.45) is 6.12. The molecule has 0 aliphatic carbocycles. The summed E-state index contributed by atoms with van der Waals surface area (Å²) in [6.45, 7) is 1.20. The minimum atomic E-state index is -0.816. The molecule has 1 aliphatic rings. The van der Waals surface area contributed by atoms with Crippen molar-refractivity contribution < 1.29 is 9.13 Å². The zero-order valence-corrected chi connectivity index (χ0v) is 17.1. The zero-order valence-electron chi connectivity index (χ0n) is 16.3. The van der Waals surface area contributed by atoms with Gasteiger partial charge in [0.1, 0.15) is 6.04 Å². The highest BCUT2D eigenvalue weighted by Crippen LogP contribution is 2.33. The Bertz CT molecular complexity index is 1180. The number of hydrogen-bond donors (Lipinski definition) is 1. The first-order valence-corrected chi connectivity index (χ1v) is 10.9. The fourth-order valence-electron chi connectivity index (χ4n) is 3.45. The van der Waals surface area contributed by atoms with Crippen LogP contribution >= 0.6 is 0 Å². The maximum absolute atomic E-state index is 11.6. The van der Waals surface area contributed by atoms with Gasteiger partial charge in [0.25, 0.3) is 0 Å². The first kappa shape index (κ1) is 20.6. The number of aromatic nitrogens is 4. The van der Waals surface area contributed by atoms with E-state index >= 15 is 0 Å². The Morgan fingerprint density at radius 3 is 2.65 bits per heavy atom. The van der Waals surface area contributed by atoms with Crippen LogP contribution in [0.15, 0.2) is 43.0 Å². The Morgan fingerprint density at radius 1 is 1.23 bits per heavy atom. The smallest absolute Gasteiger partial charge is 0.319 e. The highest BCUT2D eigenvalue weighted by molar-refractivity contribution is 7.85. The second-order valence-corrected chi connectivity index (χ2v) is 8.58. The van der Waals surface area contributed by atoms with Gasteiger partial charge in [-0.15, -0.1) is 0 Å². The quantitative estimate of drug-likeness (QED) is 0.460. The Balaban J connectivity index is 1.58. The van der Waals surface area contributed by atoms with Crippen molar-refractivity contribution in [2.24, 2.45) is 0 Å². The molecule has 11 nitrogen and oxygen atoms in total. The third-order valence-corrected chi connectivity index (χ3v) is 6.33. The molecule has 1 fully saturated rings. The molecule has 0 radical (unpaired) electrons. The first-order chi connectivity index (χ1) is 15.0. The molecule has 0 saturated carbocycles. The van der Waals surface area contributed by atoms with Gasteiger partial charge in [-0.2, -0.15) is 10.4 Å². The number of hydrogen-bond acceptors (Lipinski definition) is 9. The van der Waals surface area contributed by atoms with Gasteiger partial charge in [-0.1, -0.05) is 6.07 Å². The Kier molecular flexibility index (Phi) is 5.70. The van der Waals surface area contributed by atoms with Gasteiger partial charge in [-0.25, -0.2) is 14.6 Å². The summed E-state index contributed by atoms with van der Waals surface area (Å²) < 4.78 is 13.1. The fourth-order valence-corrected chi connectivity index (χ4v) is 4.53. The van der Waals surface area contributed by atoms with Crippen molar-refractivity contribution in [2.45, 2.75) is 6.04 Å². The summed E-state index contributed by atoms with van der Waals surface area (Å²) in [5.41, 5.74) is 6.95. The minimum absolute atomic E-state index is 0.165. The van der Waals surface area contributed by atoms with Crippen molar-refractivity contribution in [1.82, 2.24) is 24.6 Å². The molecular weight excluding hydrogens is 420 g/mol. The van der Waals surface area contributed by atoms with Gasteiger partial charge in [0, 0.05) is 65.1 Å². The van der Waals surface area contributed by atoms with E-state index in [0.29, 0.717) is 41.5 Å². The molecule has 1 aliphatic heterocycles. The SMILES string of the molecule is N#CC(c1ccc(-n2cc(-c3ccnc(N)c3[N+](=O)[O-])cn2)nc1)N1CCS(=O)CC1. The lowest BCUT2D eigenvalue weighted by Gasteiger charge is -2.30. The standard InChI is InChI=1S/C19H18N8O3S/c20-9-16(25-5-7-31(30)8-6-25)13-1-2-17(23-10-13)26-12-14(11-24-26)15-3-4-22-19(21)18(15)27(28)29/h1-4,10-12,16H,5-8H2,(H2,21,22). The monoisotopic (exact) mass is 438 g/mol. The van der Waals surface area contributed by atoms with Gasteiger partial charge < -0.3 is 5.73 Å². The van der Waals surface area contributed by atoms with Crippen molar-refractivity contribution in [2.75, 3.05) is 30.3 Å². The lowest BCUT2D eigenvalue weighted by molar-refractivity contribution is -0.383. The molecule has 0 amide bonds. The van der Waals surface area contributed by atoms with Crippen LogP contribution in [0.1, 0.15) is 11.6 Å². The molecule has 0 spiro atoms. The van der Waals surface area contributed by atoms with Crippen LogP contribution in [0.3, 0.4) is 0 Å². The molecule has 4 rings (SSSR count). The van der Waals surface area contributed by atoms with E-state index in [4.69, 9.17) is 5.73 Å². The predicted molar refractivity (Wildman–Crippen MR) is 113 cm³/mol. The van der Waals surface area contributed by atoms with Crippen molar-refractivity contribution >= 4 is 22.3 Å². The number of rotatable bonds is 5. The molecule has 31 heavy (non-hydrogen) atoms. The van der Waals surface area contributed by atoms with Crippen molar-refractivity contribution in [3.05, 3.63) is 58.7 Å². The van der Waals surface area contributed by atoms with Crippen LogP contribution in [0, 0.1) is 21.4 Å². The van der Waals surface area contributed by atoms with Crippen LogP contribution in [0.4, 0.5) is 11.5 Å². The predicted octanol–water partition coefficient (Wildman–Crippen LogP) is 1.45. The molecule has 3 aromatic heterocycles. The number of nitrogen functional groups attached to an aromatic ring is 1. The number of nitriles is 1. The number of nitrogens with two attached hydrogens (primary N) is 1. The van der Waals surface area contributed by atoms with Crippen molar-refractivity contribution in [1.29, 1.82) is 5.26 Å². The fraction of sp³-hybridized carbons (Fsp3) is 0.263. The average molecular weight is 438 g/mol. The van der Waals surface area contributed by atoms with E-state index in [2.05, 4.69) is 21.1 Å². The molecule has 1 atom stereocenters. The minimum Gasteiger partial charge on any atom is -0.378 e. The topological polar surface area (TPSA) is 157 Å². The number of anilines is 1. The maximum Gasteiger partial charge on any atom is 0.319 e. The second kappa shape index (κ2) is 8.58. The van der Waals surface area contributed by atoms with Crippen LogP contribution in [0.5, 0.6) is 0 Å². The van der Waals surface area contributed by atoms with Gasteiger partial charge in [0.15, 0.2) is 5.82 Å². The second-order valence-electron chi connectivity index (χ2n) is 6.89.